The smallest absolute Gasteiger partial charge is 0.245 e. The molecular formula is C17H25Cl2N5O. The number of nitrogens with one attached hydrogen (secondary N) is 2. The monoisotopic (exact) mass is 385 g/mol. The van der Waals surface area contributed by atoms with Gasteiger partial charge in [0, 0.05) is 37.4 Å². The van der Waals surface area contributed by atoms with Crippen LogP contribution in [-0.4, -0.2) is 27.2 Å². The minimum atomic E-state index is -0.264. The standard InChI is InChI=1S/C17H23N5O.2ClH/c1-3-16(22-8-4-6-21-22)17(23)20-11-15-12(2)19-10-13-9-18-7-5-14(13)15;;/h4,6,8,10,16,18H,3,5,7,9,11H2,1-2H3,(H,20,23);2*1H. The molecule has 1 aliphatic heterocycles. The van der Waals surface area contributed by atoms with Crippen molar-refractivity contribution in [3.05, 3.63) is 47.0 Å². The number of rotatable bonds is 5. The number of aryl methyl sites for hydroxylation is 1. The number of carbonyl (C=O) groups is 1. The van der Waals surface area contributed by atoms with Crippen LogP contribution in [0.2, 0.25) is 0 Å². The molecule has 0 spiro atoms. The van der Waals surface area contributed by atoms with E-state index in [0.29, 0.717) is 13.0 Å². The Morgan fingerprint density at radius 2 is 2.24 bits per heavy atom. The lowest BCUT2D eigenvalue weighted by atomic mass is 9.96. The fraction of sp³-hybridized carbons (Fsp3) is 0.471. The van der Waals surface area contributed by atoms with Gasteiger partial charge in [0.2, 0.25) is 5.91 Å². The Kier molecular flexibility index (Phi) is 8.35. The molecule has 138 valence electrons. The average molecular weight is 386 g/mol. The number of carbonyl (C=O) groups excluding carboxylic acids is 1. The lowest BCUT2D eigenvalue weighted by Crippen LogP contribution is -2.33. The third-order valence-corrected chi connectivity index (χ3v) is 4.44. The number of nitrogens with zero attached hydrogens (tertiary/aromatic N) is 3. The zero-order valence-electron chi connectivity index (χ0n) is 14.5. The van der Waals surface area contributed by atoms with Crippen LogP contribution in [0.5, 0.6) is 0 Å². The van der Waals surface area contributed by atoms with Crippen molar-refractivity contribution in [1.29, 1.82) is 0 Å². The molecule has 2 aromatic rings. The van der Waals surface area contributed by atoms with Crippen LogP contribution in [0.3, 0.4) is 0 Å². The molecule has 6 nitrogen and oxygen atoms in total. The first-order chi connectivity index (χ1) is 11.2. The highest BCUT2D eigenvalue weighted by Gasteiger charge is 2.20. The predicted molar refractivity (Wildman–Crippen MR) is 102 cm³/mol. The molecule has 0 fully saturated rings. The highest BCUT2D eigenvalue weighted by molar-refractivity contribution is 5.85. The van der Waals surface area contributed by atoms with Gasteiger partial charge in [-0.2, -0.15) is 5.10 Å². The molecule has 0 aromatic carbocycles. The fourth-order valence-electron chi connectivity index (χ4n) is 3.13. The first-order valence-electron chi connectivity index (χ1n) is 8.14. The van der Waals surface area contributed by atoms with E-state index in [2.05, 4.69) is 20.7 Å². The number of hydrogen-bond acceptors (Lipinski definition) is 4. The van der Waals surface area contributed by atoms with E-state index in [1.807, 2.05) is 32.3 Å². The maximum atomic E-state index is 12.5. The second-order valence-corrected chi connectivity index (χ2v) is 5.88. The van der Waals surface area contributed by atoms with Gasteiger partial charge in [-0.15, -0.1) is 24.8 Å². The van der Waals surface area contributed by atoms with E-state index in [9.17, 15) is 4.79 Å². The summed E-state index contributed by atoms with van der Waals surface area (Å²) in [7, 11) is 0. The molecule has 0 saturated heterocycles. The van der Waals surface area contributed by atoms with E-state index in [0.717, 1.165) is 30.8 Å². The summed E-state index contributed by atoms with van der Waals surface area (Å²) in [5, 5.41) is 10.6. The minimum Gasteiger partial charge on any atom is -0.350 e. The first kappa shape index (κ1) is 21.4. The number of pyridine rings is 1. The molecule has 3 rings (SSSR count). The van der Waals surface area contributed by atoms with Crippen LogP contribution in [0.1, 0.15) is 41.8 Å². The lowest BCUT2D eigenvalue weighted by molar-refractivity contribution is -0.124. The maximum absolute atomic E-state index is 12.5. The van der Waals surface area contributed by atoms with E-state index < -0.39 is 0 Å². The van der Waals surface area contributed by atoms with Gasteiger partial charge in [-0.05, 0) is 49.1 Å². The molecule has 3 heterocycles. The Balaban J connectivity index is 0.00000156. The molecule has 25 heavy (non-hydrogen) atoms. The largest absolute Gasteiger partial charge is 0.350 e. The third-order valence-electron chi connectivity index (χ3n) is 4.44. The van der Waals surface area contributed by atoms with Crippen LogP contribution in [0.15, 0.2) is 24.7 Å². The van der Waals surface area contributed by atoms with Gasteiger partial charge in [0.05, 0.1) is 0 Å². The molecular weight excluding hydrogens is 361 g/mol. The van der Waals surface area contributed by atoms with Crippen molar-refractivity contribution >= 4 is 30.7 Å². The van der Waals surface area contributed by atoms with Gasteiger partial charge >= 0.3 is 0 Å². The second-order valence-electron chi connectivity index (χ2n) is 5.88. The SMILES string of the molecule is CCC(C(=O)NCc1c(C)ncc2c1CCNC2)n1cccn1.Cl.Cl. The quantitative estimate of drug-likeness (QED) is 0.828. The normalized spacial score (nSPS) is 13.8. The summed E-state index contributed by atoms with van der Waals surface area (Å²) in [6.45, 7) is 6.36. The predicted octanol–water partition coefficient (Wildman–Crippen LogP) is 2.34. The summed E-state index contributed by atoms with van der Waals surface area (Å²) in [5.41, 5.74) is 4.74. The van der Waals surface area contributed by atoms with Crippen molar-refractivity contribution in [2.24, 2.45) is 0 Å². The molecule has 1 atom stereocenters. The summed E-state index contributed by atoms with van der Waals surface area (Å²) in [6, 6.07) is 1.57. The van der Waals surface area contributed by atoms with Crippen molar-refractivity contribution in [1.82, 2.24) is 25.4 Å². The molecule has 1 unspecified atom stereocenters. The van der Waals surface area contributed by atoms with Crippen LogP contribution in [0.4, 0.5) is 0 Å². The van der Waals surface area contributed by atoms with Gasteiger partial charge in [0.1, 0.15) is 6.04 Å². The van der Waals surface area contributed by atoms with Gasteiger partial charge in [-0.25, -0.2) is 0 Å². The summed E-state index contributed by atoms with van der Waals surface area (Å²) in [5.74, 6) is 0.00198. The Bertz CT molecular complexity index is 691. The molecule has 8 heteroatoms. The van der Waals surface area contributed by atoms with Crippen molar-refractivity contribution < 1.29 is 4.79 Å². The highest BCUT2D eigenvalue weighted by atomic mass is 35.5. The van der Waals surface area contributed by atoms with Gasteiger partial charge in [-0.3, -0.25) is 14.5 Å². The average Bonchev–Trinajstić information content (AvgIpc) is 3.09. The van der Waals surface area contributed by atoms with Crippen LogP contribution in [0.25, 0.3) is 0 Å². The van der Waals surface area contributed by atoms with E-state index >= 15 is 0 Å². The molecule has 0 bridgehead atoms. The van der Waals surface area contributed by atoms with Crippen molar-refractivity contribution in [2.45, 2.75) is 45.8 Å². The second kappa shape index (κ2) is 9.75. The van der Waals surface area contributed by atoms with E-state index in [1.165, 1.54) is 11.1 Å². The molecule has 0 aliphatic carbocycles. The maximum Gasteiger partial charge on any atom is 0.245 e. The van der Waals surface area contributed by atoms with Crippen LogP contribution in [0, 0.1) is 6.92 Å². The van der Waals surface area contributed by atoms with Crippen LogP contribution in [-0.2, 0) is 24.3 Å². The van der Waals surface area contributed by atoms with E-state index in [4.69, 9.17) is 0 Å². The van der Waals surface area contributed by atoms with Gasteiger partial charge < -0.3 is 10.6 Å². The summed E-state index contributed by atoms with van der Waals surface area (Å²) in [4.78, 5) is 17.0. The van der Waals surface area contributed by atoms with Crippen molar-refractivity contribution in [3.8, 4) is 0 Å². The molecule has 2 aromatic heterocycles. The molecule has 1 amide bonds. The highest BCUT2D eigenvalue weighted by Crippen LogP contribution is 2.20. The number of fused-ring (bicyclic) bond motifs is 1. The van der Waals surface area contributed by atoms with Crippen molar-refractivity contribution in [2.75, 3.05) is 6.54 Å². The Hall–Kier alpha value is -1.63. The van der Waals surface area contributed by atoms with Gasteiger partial charge in [-0.1, -0.05) is 6.92 Å². The number of halogens is 2. The van der Waals surface area contributed by atoms with Crippen molar-refractivity contribution in [3.63, 3.8) is 0 Å². The van der Waals surface area contributed by atoms with Crippen LogP contribution >= 0.6 is 24.8 Å². The third kappa shape index (κ3) is 4.71. The fourth-order valence-corrected chi connectivity index (χ4v) is 3.13. The van der Waals surface area contributed by atoms with Gasteiger partial charge in [0.15, 0.2) is 0 Å². The zero-order valence-corrected chi connectivity index (χ0v) is 16.1. The summed E-state index contributed by atoms with van der Waals surface area (Å²) < 4.78 is 1.71. The molecule has 2 N–H and O–H groups in total. The van der Waals surface area contributed by atoms with Gasteiger partial charge in [0.25, 0.3) is 0 Å². The molecule has 0 saturated carbocycles. The minimum absolute atomic E-state index is 0. The Morgan fingerprint density at radius 3 is 2.92 bits per heavy atom. The lowest BCUT2D eigenvalue weighted by Gasteiger charge is -2.22. The Morgan fingerprint density at radius 1 is 1.44 bits per heavy atom. The number of aromatic nitrogens is 3. The molecule has 0 radical (unpaired) electrons. The number of hydrogen-bond donors (Lipinski definition) is 2. The summed E-state index contributed by atoms with van der Waals surface area (Å²) >= 11 is 0. The van der Waals surface area contributed by atoms with Crippen LogP contribution < -0.4 is 10.6 Å². The topological polar surface area (TPSA) is 71.8 Å². The Labute approximate surface area is 160 Å². The first-order valence-corrected chi connectivity index (χ1v) is 8.14. The van der Waals surface area contributed by atoms with E-state index in [-0.39, 0.29) is 36.8 Å². The van der Waals surface area contributed by atoms with E-state index in [1.54, 1.807) is 10.9 Å². The summed E-state index contributed by atoms with van der Waals surface area (Å²) in [6.07, 6.45) is 7.17. The molecule has 1 aliphatic rings. The number of amides is 1. The zero-order chi connectivity index (χ0) is 16.2.